The molecule has 0 spiro atoms. The van der Waals surface area contributed by atoms with Crippen LogP contribution in [-0.4, -0.2) is 46.3 Å². The molecule has 1 amide bonds. The van der Waals surface area contributed by atoms with Crippen molar-refractivity contribution in [1.29, 1.82) is 0 Å². The third-order valence-corrected chi connectivity index (χ3v) is 11.4. The zero-order valence-corrected chi connectivity index (χ0v) is 21.4. The molecule has 0 fully saturated rings. The van der Waals surface area contributed by atoms with Crippen molar-refractivity contribution < 1.29 is 31.2 Å². The Bertz CT molecular complexity index is 847. The van der Waals surface area contributed by atoms with Crippen molar-refractivity contribution in [1.82, 2.24) is 5.32 Å². The minimum Gasteiger partial charge on any atom is -0.444 e. The Labute approximate surface area is 185 Å². The van der Waals surface area contributed by atoms with Crippen LogP contribution in [0.1, 0.15) is 48.0 Å². The summed E-state index contributed by atoms with van der Waals surface area (Å²) in [5.41, 5.74) is -0.840. The predicted molar refractivity (Wildman–Crippen MR) is 119 cm³/mol. The van der Waals surface area contributed by atoms with Gasteiger partial charge in [0.1, 0.15) is 5.60 Å². The summed E-state index contributed by atoms with van der Waals surface area (Å²) in [6, 6.07) is 5.26. The second-order valence-corrected chi connectivity index (χ2v) is 17.0. The molecule has 0 aliphatic heterocycles. The van der Waals surface area contributed by atoms with Crippen molar-refractivity contribution >= 4 is 24.2 Å². The lowest BCUT2D eigenvalue weighted by atomic mass is 10.2. The van der Waals surface area contributed by atoms with Gasteiger partial charge in [0.15, 0.2) is 8.32 Å². The predicted octanol–water partition coefficient (Wildman–Crippen LogP) is 5.36. The number of benzene rings is 1. The van der Waals surface area contributed by atoms with Gasteiger partial charge >= 0.3 is 11.3 Å². The average molecular weight is 480 g/mol. The Morgan fingerprint density at radius 1 is 1.06 bits per heavy atom. The first kappa shape index (κ1) is 27.5. The molecule has 10 heteroatoms. The molecule has 0 aliphatic carbocycles. The van der Waals surface area contributed by atoms with E-state index in [9.17, 15) is 22.0 Å². The van der Waals surface area contributed by atoms with E-state index < -0.39 is 52.5 Å². The molecule has 0 heterocycles. The van der Waals surface area contributed by atoms with Gasteiger partial charge in [-0.15, -0.1) is 0 Å². The lowest BCUT2D eigenvalue weighted by Gasteiger charge is -2.37. The lowest BCUT2D eigenvalue weighted by molar-refractivity contribution is 0.0360. The average Bonchev–Trinajstić information content (AvgIpc) is 2.57. The van der Waals surface area contributed by atoms with E-state index in [4.69, 9.17) is 9.16 Å². The number of sulfone groups is 1. The molecule has 178 valence electrons. The third kappa shape index (κ3) is 7.84. The van der Waals surface area contributed by atoms with E-state index in [0.717, 1.165) is 12.1 Å². The van der Waals surface area contributed by atoms with Crippen molar-refractivity contribution in [2.75, 3.05) is 6.61 Å². The summed E-state index contributed by atoms with van der Waals surface area (Å²) in [4.78, 5) is 11.7. The van der Waals surface area contributed by atoms with Crippen molar-refractivity contribution in [2.45, 2.75) is 87.9 Å². The number of carbonyl (C=O) groups is 1. The molecule has 1 aromatic rings. The highest BCUT2D eigenvalue weighted by molar-refractivity contribution is 7.92. The highest BCUT2D eigenvalue weighted by Gasteiger charge is 2.48. The summed E-state index contributed by atoms with van der Waals surface area (Å²) in [5, 5.41) is -1.94. The first-order valence-electron chi connectivity index (χ1n) is 10.1. The molecule has 31 heavy (non-hydrogen) atoms. The number of alkyl halides is 2. The fraction of sp³-hybridized carbons (Fsp3) is 0.667. The van der Waals surface area contributed by atoms with Crippen LogP contribution < -0.4 is 5.32 Å². The summed E-state index contributed by atoms with van der Waals surface area (Å²) in [5.74, 6) is 0. The van der Waals surface area contributed by atoms with Crippen LogP contribution in [0.25, 0.3) is 0 Å². The van der Waals surface area contributed by atoms with E-state index >= 15 is 0 Å². The van der Waals surface area contributed by atoms with Gasteiger partial charge < -0.3 is 14.5 Å². The molecule has 0 bridgehead atoms. The van der Waals surface area contributed by atoms with Crippen LogP contribution in [0.5, 0.6) is 0 Å². The minimum atomic E-state index is -4.96. The van der Waals surface area contributed by atoms with Gasteiger partial charge in [0.25, 0.3) is 0 Å². The second-order valence-electron chi connectivity index (χ2n) is 10.1. The number of alkyl carbamates (subject to hydrolysis) is 1. The lowest BCUT2D eigenvalue weighted by Crippen LogP contribution is -2.49. The van der Waals surface area contributed by atoms with Crippen LogP contribution in [0.15, 0.2) is 35.2 Å². The maximum atomic E-state index is 15.0. The molecular weight excluding hydrogens is 444 g/mol. The number of amides is 1. The number of carbonyl (C=O) groups excluding carboxylic acids is 1. The Morgan fingerprint density at radius 3 is 2.03 bits per heavy atom. The molecule has 1 N–H and O–H groups in total. The number of nitrogens with one attached hydrogen (secondary N) is 1. The number of hydrogen-bond acceptors (Lipinski definition) is 5. The third-order valence-electron chi connectivity index (χ3n) is 5.10. The quantitative estimate of drug-likeness (QED) is 0.508. The highest BCUT2D eigenvalue weighted by Crippen LogP contribution is 2.37. The summed E-state index contributed by atoms with van der Waals surface area (Å²) in [6.07, 6.45) is -2.05. The zero-order chi connectivity index (χ0) is 24.3. The maximum absolute atomic E-state index is 15.0. The van der Waals surface area contributed by atoms with Gasteiger partial charge in [-0.3, -0.25) is 0 Å². The van der Waals surface area contributed by atoms with Gasteiger partial charge in [0.05, 0.1) is 17.5 Å². The Morgan fingerprint density at radius 2 is 1.58 bits per heavy atom. The SMILES string of the molecule is CC(C)(C)OC(=O)N[C@H](CO[Si](C)(C)C(C)(C)C)CC(F)(F)S(=O)(=O)c1ccccc1. The molecule has 1 rings (SSSR count). The van der Waals surface area contributed by atoms with Crippen molar-refractivity contribution in [3.8, 4) is 0 Å². The van der Waals surface area contributed by atoms with Crippen LogP contribution in [-0.2, 0) is 19.0 Å². The number of hydrogen-bond donors (Lipinski definition) is 1. The van der Waals surface area contributed by atoms with E-state index in [1.54, 1.807) is 20.8 Å². The van der Waals surface area contributed by atoms with Crippen LogP contribution in [0, 0.1) is 0 Å². The van der Waals surface area contributed by atoms with E-state index in [2.05, 4.69) is 5.32 Å². The fourth-order valence-corrected chi connectivity index (χ4v) is 4.65. The number of rotatable bonds is 8. The summed E-state index contributed by atoms with van der Waals surface area (Å²) in [6.45, 7) is 14.5. The fourth-order valence-electron chi connectivity index (χ4n) is 2.32. The second kappa shape index (κ2) is 9.54. The summed E-state index contributed by atoms with van der Waals surface area (Å²) < 4.78 is 66.1. The molecule has 1 atom stereocenters. The molecule has 0 saturated carbocycles. The molecular formula is C21H35F2NO5SSi. The number of ether oxygens (including phenoxy) is 1. The first-order chi connectivity index (χ1) is 13.8. The zero-order valence-electron chi connectivity index (χ0n) is 19.6. The van der Waals surface area contributed by atoms with Gasteiger partial charge in [0, 0.05) is 6.42 Å². The summed E-state index contributed by atoms with van der Waals surface area (Å²) in [7, 11) is -7.29. The molecule has 0 radical (unpaired) electrons. The molecule has 1 aromatic carbocycles. The van der Waals surface area contributed by atoms with Gasteiger partial charge in [-0.1, -0.05) is 39.0 Å². The van der Waals surface area contributed by atoms with Crippen molar-refractivity contribution in [2.24, 2.45) is 0 Å². The van der Waals surface area contributed by atoms with Gasteiger partial charge in [-0.2, -0.15) is 8.78 Å². The van der Waals surface area contributed by atoms with Crippen LogP contribution in [0.2, 0.25) is 18.1 Å². The Hall–Kier alpha value is -1.52. The van der Waals surface area contributed by atoms with Crippen molar-refractivity contribution in [3.63, 3.8) is 0 Å². The molecule has 0 aliphatic rings. The summed E-state index contributed by atoms with van der Waals surface area (Å²) >= 11 is 0. The van der Waals surface area contributed by atoms with Gasteiger partial charge in [-0.05, 0) is 51.0 Å². The Kier molecular flexibility index (Phi) is 8.46. The standard InChI is InChI=1S/C21H35F2NO5SSi/c1-19(2,3)29-18(25)24-16(15-28-31(7,8)20(4,5)6)14-21(22,23)30(26,27)17-12-10-9-11-13-17/h9-13,16H,14-15H2,1-8H3,(H,24,25)/t16-/m0/s1. The topological polar surface area (TPSA) is 81.7 Å². The van der Waals surface area contributed by atoms with E-state index in [0.29, 0.717) is 0 Å². The van der Waals surface area contributed by atoms with E-state index in [1.807, 2.05) is 33.9 Å². The molecule has 6 nitrogen and oxygen atoms in total. The van der Waals surface area contributed by atoms with Crippen LogP contribution in [0.3, 0.4) is 0 Å². The molecule has 0 unspecified atom stereocenters. The maximum Gasteiger partial charge on any atom is 0.407 e. The first-order valence-corrected chi connectivity index (χ1v) is 14.5. The van der Waals surface area contributed by atoms with Crippen molar-refractivity contribution in [3.05, 3.63) is 30.3 Å². The monoisotopic (exact) mass is 479 g/mol. The van der Waals surface area contributed by atoms with Crippen LogP contribution in [0.4, 0.5) is 13.6 Å². The minimum absolute atomic E-state index is 0.192. The number of halogens is 2. The van der Waals surface area contributed by atoms with Crippen LogP contribution >= 0.6 is 0 Å². The molecule has 0 aromatic heterocycles. The largest absolute Gasteiger partial charge is 0.444 e. The van der Waals surface area contributed by atoms with Gasteiger partial charge in [-0.25, -0.2) is 13.2 Å². The van der Waals surface area contributed by atoms with E-state index in [1.165, 1.54) is 18.2 Å². The van der Waals surface area contributed by atoms with Gasteiger partial charge in [0.2, 0.25) is 9.84 Å². The highest BCUT2D eigenvalue weighted by atomic mass is 32.2. The molecule has 0 saturated heterocycles. The Balaban J connectivity index is 3.13. The van der Waals surface area contributed by atoms with E-state index in [-0.39, 0.29) is 11.6 Å². The smallest absolute Gasteiger partial charge is 0.407 e. The normalized spacial score (nSPS) is 14.8.